The number of hydrogen-bond acceptors (Lipinski definition) is 3. The van der Waals surface area contributed by atoms with Gasteiger partial charge in [0.25, 0.3) is 11.8 Å². The summed E-state index contributed by atoms with van der Waals surface area (Å²) in [5, 5.41) is 2.95. The molecule has 0 spiro atoms. The van der Waals surface area contributed by atoms with Crippen LogP contribution in [-0.4, -0.2) is 39.2 Å². The van der Waals surface area contributed by atoms with Gasteiger partial charge in [-0.25, -0.2) is 4.98 Å². The maximum atomic E-state index is 13.1. The van der Waals surface area contributed by atoms with Crippen LogP contribution in [-0.2, 0) is 0 Å². The maximum Gasteiger partial charge on any atom is 0.292 e. The summed E-state index contributed by atoms with van der Waals surface area (Å²) < 4.78 is 1.69. The molecule has 6 heteroatoms. The Hall–Kier alpha value is -3.15. The van der Waals surface area contributed by atoms with E-state index in [2.05, 4.69) is 17.2 Å². The largest absolute Gasteiger partial charge is 0.337 e. The van der Waals surface area contributed by atoms with Crippen molar-refractivity contribution in [2.75, 3.05) is 18.4 Å². The lowest BCUT2D eigenvalue weighted by Gasteiger charge is -2.29. The van der Waals surface area contributed by atoms with Crippen molar-refractivity contribution in [1.29, 1.82) is 0 Å². The minimum absolute atomic E-state index is 0.105. The predicted octanol–water partition coefficient (Wildman–Crippen LogP) is 4.08. The second kappa shape index (κ2) is 7.70. The molecule has 1 aliphatic rings. The minimum Gasteiger partial charge on any atom is -0.337 e. The van der Waals surface area contributed by atoms with Crippen molar-refractivity contribution in [3.05, 3.63) is 65.2 Å². The Morgan fingerprint density at radius 1 is 1.10 bits per heavy atom. The third-order valence-electron chi connectivity index (χ3n) is 5.67. The highest BCUT2D eigenvalue weighted by Gasteiger charge is 2.27. The van der Waals surface area contributed by atoms with E-state index >= 15 is 0 Å². The number of rotatable bonds is 3. The van der Waals surface area contributed by atoms with Gasteiger partial charge in [0.05, 0.1) is 5.52 Å². The zero-order valence-corrected chi connectivity index (χ0v) is 17.1. The smallest absolute Gasteiger partial charge is 0.292 e. The van der Waals surface area contributed by atoms with Crippen LogP contribution in [0.2, 0.25) is 0 Å². The van der Waals surface area contributed by atoms with E-state index in [1.807, 2.05) is 55.1 Å². The van der Waals surface area contributed by atoms with Crippen LogP contribution in [0.25, 0.3) is 5.52 Å². The number of hydrogen-bond donors (Lipinski definition) is 1. The van der Waals surface area contributed by atoms with E-state index in [-0.39, 0.29) is 17.6 Å². The zero-order valence-electron chi connectivity index (χ0n) is 17.1. The number of nitrogens with zero attached hydrogens (tertiary/aromatic N) is 3. The quantitative estimate of drug-likeness (QED) is 0.733. The molecule has 4 rings (SSSR count). The van der Waals surface area contributed by atoms with Crippen LogP contribution in [0.5, 0.6) is 0 Å². The van der Waals surface area contributed by atoms with Gasteiger partial charge in [-0.15, -0.1) is 0 Å². The summed E-state index contributed by atoms with van der Waals surface area (Å²) in [5.41, 5.74) is 3.78. The van der Waals surface area contributed by atoms with Gasteiger partial charge in [0.2, 0.25) is 5.82 Å². The van der Waals surface area contributed by atoms with Gasteiger partial charge in [-0.2, -0.15) is 0 Å². The molecule has 2 aromatic heterocycles. The number of carbonyl (C=O) groups excluding carboxylic acids is 2. The molecule has 1 saturated heterocycles. The molecule has 1 fully saturated rings. The monoisotopic (exact) mass is 390 g/mol. The topological polar surface area (TPSA) is 66.7 Å². The number of fused-ring (bicyclic) bond motifs is 1. The molecule has 0 radical (unpaired) electrons. The number of piperidine rings is 1. The van der Waals surface area contributed by atoms with E-state index < -0.39 is 0 Å². The molecule has 29 heavy (non-hydrogen) atoms. The van der Waals surface area contributed by atoms with Crippen molar-refractivity contribution in [2.24, 2.45) is 5.92 Å². The van der Waals surface area contributed by atoms with Gasteiger partial charge < -0.3 is 10.2 Å². The van der Waals surface area contributed by atoms with Crippen LogP contribution in [0.15, 0.2) is 42.6 Å². The van der Waals surface area contributed by atoms with E-state index in [1.165, 1.54) is 0 Å². The minimum atomic E-state index is -0.328. The molecule has 0 saturated carbocycles. The fourth-order valence-corrected chi connectivity index (χ4v) is 3.77. The van der Waals surface area contributed by atoms with Crippen LogP contribution in [0.1, 0.15) is 52.0 Å². The van der Waals surface area contributed by atoms with Crippen molar-refractivity contribution in [3.63, 3.8) is 0 Å². The molecule has 1 aliphatic heterocycles. The van der Waals surface area contributed by atoms with Crippen LogP contribution < -0.4 is 5.32 Å². The number of anilines is 1. The predicted molar refractivity (Wildman–Crippen MR) is 113 cm³/mol. The summed E-state index contributed by atoms with van der Waals surface area (Å²) in [6.07, 6.45) is 3.77. The molecular weight excluding hydrogens is 364 g/mol. The number of pyridine rings is 1. The van der Waals surface area contributed by atoms with Gasteiger partial charge in [-0.1, -0.05) is 25.1 Å². The van der Waals surface area contributed by atoms with Gasteiger partial charge in [-0.3, -0.25) is 14.0 Å². The van der Waals surface area contributed by atoms with Gasteiger partial charge in [0.1, 0.15) is 0 Å². The number of aryl methyl sites for hydroxylation is 2. The summed E-state index contributed by atoms with van der Waals surface area (Å²) >= 11 is 0. The lowest BCUT2D eigenvalue weighted by atomic mass is 9.99. The van der Waals surface area contributed by atoms with E-state index in [4.69, 9.17) is 0 Å². The van der Waals surface area contributed by atoms with Gasteiger partial charge in [0.15, 0.2) is 5.69 Å². The first-order valence-electron chi connectivity index (χ1n) is 10.1. The second-order valence-electron chi connectivity index (χ2n) is 7.99. The van der Waals surface area contributed by atoms with Crippen molar-refractivity contribution in [2.45, 2.75) is 33.6 Å². The molecule has 3 aromatic rings. The third-order valence-corrected chi connectivity index (χ3v) is 5.67. The van der Waals surface area contributed by atoms with Gasteiger partial charge >= 0.3 is 0 Å². The number of imidazole rings is 1. The van der Waals surface area contributed by atoms with Gasteiger partial charge in [0, 0.05) is 25.0 Å². The van der Waals surface area contributed by atoms with E-state index in [0.29, 0.717) is 17.1 Å². The molecule has 0 bridgehead atoms. The summed E-state index contributed by atoms with van der Waals surface area (Å²) in [6.45, 7) is 7.61. The number of amides is 2. The molecule has 0 aliphatic carbocycles. The Labute approximate surface area is 170 Å². The first-order valence-corrected chi connectivity index (χ1v) is 10.1. The lowest BCUT2D eigenvalue weighted by molar-refractivity contribution is 0.0694. The molecule has 2 amide bonds. The van der Waals surface area contributed by atoms with Crippen molar-refractivity contribution >= 4 is 23.0 Å². The molecule has 0 unspecified atom stereocenters. The Kier molecular flexibility index (Phi) is 5.09. The van der Waals surface area contributed by atoms with Crippen LogP contribution >= 0.6 is 0 Å². The Morgan fingerprint density at radius 3 is 2.62 bits per heavy atom. The molecule has 6 nitrogen and oxygen atoms in total. The summed E-state index contributed by atoms with van der Waals surface area (Å²) in [5.74, 6) is 0.421. The molecule has 1 aromatic carbocycles. The number of likely N-dealkylation sites (tertiary alicyclic amines) is 1. The standard InChI is InChI=1S/C23H26N4O2/c1-15-9-12-26(13-10-15)23(29)20-19-6-4-5-11-27(19)21(25-20)22(28)24-18-14-16(2)7-8-17(18)3/h4-8,11,14-15H,9-10,12-13H2,1-3H3,(H,24,28). The molecule has 1 N–H and O–H groups in total. The Bertz CT molecular complexity index is 1080. The average Bonchev–Trinajstić information content (AvgIpc) is 3.10. The SMILES string of the molecule is Cc1ccc(C)c(NC(=O)c2nc(C(=O)N3CCC(C)CC3)c3ccccn23)c1. The van der Waals surface area contributed by atoms with Crippen molar-refractivity contribution in [3.8, 4) is 0 Å². The van der Waals surface area contributed by atoms with E-state index in [0.717, 1.165) is 42.7 Å². The molecular formula is C23H26N4O2. The van der Waals surface area contributed by atoms with Crippen LogP contribution in [0.3, 0.4) is 0 Å². The highest BCUT2D eigenvalue weighted by atomic mass is 16.2. The van der Waals surface area contributed by atoms with E-state index in [9.17, 15) is 9.59 Å². The third kappa shape index (κ3) is 3.75. The van der Waals surface area contributed by atoms with E-state index in [1.54, 1.807) is 10.6 Å². The second-order valence-corrected chi connectivity index (χ2v) is 7.99. The highest BCUT2D eigenvalue weighted by Crippen LogP contribution is 2.22. The molecule has 3 heterocycles. The summed E-state index contributed by atoms with van der Waals surface area (Å²) in [6, 6.07) is 11.4. The number of carbonyl (C=O) groups is 2. The summed E-state index contributed by atoms with van der Waals surface area (Å²) in [7, 11) is 0. The van der Waals surface area contributed by atoms with Gasteiger partial charge in [-0.05, 0) is 61.9 Å². The number of benzene rings is 1. The Balaban J connectivity index is 1.68. The van der Waals surface area contributed by atoms with Crippen LogP contribution in [0, 0.1) is 19.8 Å². The highest BCUT2D eigenvalue weighted by molar-refractivity contribution is 6.06. The first-order chi connectivity index (χ1) is 13.9. The molecule has 150 valence electrons. The average molecular weight is 390 g/mol. The first kappa shape index (κ1) is 19.2. The van der Waals surface area contributed by atoms with Crippen molar-refractivity contribution in [1.82, 2.24) is 14.3 Å². The normalized spacial score (nSPS) is 14.9. The fourth-order valence-electron chi connectivity index (χ4n) is 3.77. The summed E-state index contributed by atoms with van der Waals surface area (Å²) in [4.78, 5) is 32.5. The fraction of sp³-hybridized carbons (Fsp3) is 0.348. The van der Waals surface area contributed by atoms with Crippen LogP contribution in [0.4, 0.5) is 5.69 Å². The number of nitrogens with one attached hydrogen (secondary N) is 1. The van der Waals surface area contributed by atoms with Crippen molar-refractivity contribution < 1.29 is 9.59 Å². The molecule has 0 atom stereocenters. The lowest BCUT2D eigenvalue weighted by Crippen LogP contribution is -2.38. The number of aromatic nitrogens is 2. The zero-order chi connectivity index (χ0) is 20.5. The maximum absolute atomic E-state index is 13.1. The Morgan fingerprint density at radius 2 is 1.86 bits per heavy atom.